The van der Waals surface area contributed by atoms with Gasteiger partial charge < -0.3 is 20.4 Å². The molecule has 0 saturated carbocycles. The molecule has 0 aromatic rings. The summed E-state index contributed by atoms with van der Waals surface area (Å²) >= 11 is 0. The predicted octanol–water partition coefficient (Wildman–Crippen LogP) is 0.818. The molecule has 1 aliphatic rings. The van der Waals surface area contributed by atoms with Gasteiger partial charge in [0.15, 0.2) is 0 Å². The van der Waals surface area contributed by atoms with Crippen LogP contribution in [0.3, 0.4) is 0 Å². The number of hydrogen-bond acceptors (Lipinski definition) is 3. The van der Waals surface area contributed by atoms with Crippen LogP contribution in [-0.4, -0.2) is 58.4 Å². The summed E-state index contributed by atoms with van der Waals surface area (Å²) in [6.45, 7) is -0.545. The molecule has 0 saturated heterocycles. The highest BCUT2D eigenvalue weighted by Gasteiger charge is 2.36. The number of aliphatic carboxylic acids is 2. The molecule has 1 aliphatic heterocycles. The van der Waals surface area contributed by atoms with Gasteiger partial charge in [-0.2, -0.15) is 13.2 Å². The van der Waals surface area contributed by atoms with Gasteiger partial charge >= 0.3 is 24.1 Å². The van der Waals surface area contributed by atoms with Crippen LogP contribution < -0.4 is 5.32 Å². The normalized spacial score (nSPS) is 16.9. The summed E-state index contributed by atoms with van der Waals surface area (Å²) < 4.78 is 37.2. The number of carbonyl (C=O) groups is 3. The van der Waals surface area contributed by atoms with E-state index in [0.29, 0.717) is 0 Å². The van der Waals surface area contributed by atoms with Crippen LogP contribution in [0.2, 0.25) is 0 Å². The molecule has 0 fully saturated rings. The van der Waals surface area contributed by atoms with Crippen molar-refractivity contribution in [1.82, 2.24) is 10.2 Å². The summed E-state index contributed by atoms with van der Waals surface area (Å²) in [5.41, 5.74) is -0.744. The molecule has 118 valence electrons. The zero-order valence-electron chi connectivity index (χ0n) is 10.7. The maximum Gasteiger partial charge on any atom is 0.412 e. The van der Waals surface area contributed by atoms with Gasteiger partial charge in [0.25, 0.3) is 0 Å². The highest BCUT2D eigenvalue weighted by molar-refractivity contribution is 5.86. The van der Waals surface area contributed by atoms with Gasteiger partial charge in [0.1, 0.15) is 6.04 Å². The van der Waals surface area contributed by atoms with Crippen molar-refractivity contribution in [3.63, 3.8) is 0 Å². The lowest BCUT2D eigenvalue weighted by Gasteiger charge is -2.28. The highest BCUT2D eigenvalue weighted by Crippen LogP contribution is 2.30. The number of rotatable bonds is 4. The molecule has 0 unspecified atom stereocenters. The summed E-state index contributed by atoms with van der Waals surface area (Å²) in [7, 11) is 0. The van der Waals surface area contributed by atoms with Crippen LogP contribution in [0.25, 0.3) is 0 Å². The van der Waals surface area contributed by atoms with Gasteiger partial charge in [-0.25, -0.2) is 9.59 Å². The second kappa shape index (κ2) is 6.46. The number of carboxylic acids is 2. The topological polar surface area (TPSA) is 107 Å². The van der Waals surface area contributed by atoms with E-state index >= 15 is 0 Å². The first-order chi connectivity index (χ1) is 9.61. The Labute approximate surface area is 117 Å². The summed E-state index contributed by atoms with van der Waals surface area (Å²) in [4.78, 5) is 33.9. The van der Waals surface area contributed by atoms with E-state index in [4.69, 9.17) is 10.2 Å². The Balaban J connectivity index is 2.63. The van der Waals surface area contributed by atoms with Gasteiger partial charge in [-0.15, -0.1) is 0 Å². The maximum absolute atomic E-state index is 12.4. The number of alkyl halides is 3. The van der Waals surface area contributed by atoms with Crippen molar-refractivity contribution in [2.45, 2.75) is 25.1 Å². The van der Waals surface area contributed by atoms with Crippen molar-refractivity contribution < 1.29 is 37.8 Å². The molecule has 3 N–H and O–H groups in total. The van der Waals surface area contributed by atoms with Gasteiger partial charge in [0.05, 0.1) is 6.42 Å². The van der Waals surface area contributed by atoms with Crippen LogP contribution in [0.15, 0.2) is 11.6 Å². The smallest absolute Gasteiger partial charge is 0.412 e. The predicted molar refractivity (Wildman–Crippen MR) is 62.5 cm³/mol. The molecule has 1 rings (SSSR count). The molecule has 0 radical (unpaired) electrons. The number of nitrogens with one attached hydrogen (secondary N) is 1. The standard InChI is InChI=1S/C11H13F3N2O5/c12-11(13,14)6-1-3-16(4-2-6)10(21)15-7(9(19)20)5-8(17)18/h1,7H,2-5H2,(H,15,21)(H,17,18)(H,19,20)/t7-/m0/s1. The molecule has 0 spiro atoms. The van der Waals surface area contributed by atoms with Gasteiger partial charge in [0, 0.05) is 18.7 Å². The van der Waals surface area contributed by atoms with Crippen LogP contribution >= 0.6 is 0 Å². The lowest BCUT2D eigenvalue weighted by Crippen LogP contribution is -2.50. The molecule has 1 atom stereocenters. The molecule has 0 bridgehead atoms. The summed E-state index contributed by atoms with van der Waals surface area (Å²) in [6.07, 6.45) is -4.82. The molecule has 21 heavy (non-hydrogen) atoms. The van der Waals surface area contributed by atoms with E-state index in [1.807, 2.05) is 5.32 Å². The first kappa shape index (κ1) is 16.8. The Bertz CT molecular complexity index is 475. The molecule has 10 heteroatoms. The van der Waals surface area contributed by atoms with Gasteiger partial charge in [-0.1, -0.05) is 6.08 Å². The number of carbonyl (C=O) groups excluding carboxylic acids is 1. The second-order valence-electron chi connectivity index (χ2n) is 4.36. The Hall–Kier alpha value is -2.26. The summed E-state index contributed by atoms with van der Waals surface area (Å²) in [6, 6.07) is -2.55. The van der Waals surface area contributed by atoms with E-state index in [1.54, 1.807) is 0 Å². The van der Waals surface area contributed by atoms with Crippen LogP contribution in [0.5, 0.6) is 0 Å². The first-order valence-corrected chi connectivity index (χ1v) is 5.87. The van der Waals surface area contributed by atoms with Crippen molar-refractivity contribution in [3.8, 4) is 0 Å². The molecule has 0 aromatic carbocycles. The Morgan fingerprint density at radius 3 is 2.33 bits per heavy atom. The monoisotopic (exact) mass is 310 g/mol. The first-order valence-electron chi connectivity index (χ1n) is 5.87. The minimum Gasteiger partial charge on any atom is -0.481 e. The van der Waals surface area contributed by atoms with E-state index < -0.39 is 48.6 Å². The number of nitrogens with zero attached hydrogens (tertiary/aromatic N) is 1. The van der Waals surface area contributed by atoms with E-state index in [9.17, 15) is 27.6 Å². The average Bonchev–Trinajstić information content (AvgIpc) is 2.36. The minimum absolute atomic E-state index is 0.226. The maximum atomic E-state index is 12.4. The third kappa shape index (κ3) is 4.97. The number of hydrogen-bond donors (Lipinski definition) is 3. The molecular formula is C11H13F3N2O5. The molecule has 1 heterocycles. The molecular weight excluding hydrogens is 297 g/mol. The summed E-state index contributed by atoms with van der Waals surface area (Å²) in [5.74, 6) is -2.95. The number of urea groups is 1. The van der Waals surface area contributed by atoms with Crippen molar-refractivity contribution in [2.24, 2.45) is 0 Å². The van der Waals surface area contributed by atoms with Crippen molar-refractivity contribution in [2.75, 3.05) is 13.1 Å². The van der Waals surface area contributed by atoms with Crippen LogP contribution in [0.4, 0.5) is 18.0 Å². The Morgan fingerprint density at radius 1 is 1.33 bits per heavy atom. The average molecular weight is 310 g/mol. The van der Waals surface area contributed by atoms with Crippen LogP contribution in [0, 0.1) is 0 Å². The lowest BCUT2D eigenvalue weighted by molar-refractivity contribution is -0.145. The van der Waals surface area contributed by atoms with Gasteiger partial charge in [-0.3, -0.25) is 4.79 Å². The number of carboxylic acid groups (broad SMARTS) is 2. The third-order valence-electron chi connectivity index (χ3n) is 2.84. The minimum atomic E-state index is -4.45. The second-order valence-corrected chi connectivity index (χ2v) is 4.36. The van der Waals surface area contributed by atoms with Crippen LogP contribution in [-0.2, 0) is 9.59 Å². The van der Waals surface area contributed by atoms with Crippen molar-refractivity contribution in [1.29, 1.82) is 0 Å². The fraction of sp³-hybridized carbons (Fsp3) is 0.545. The van der Waals surface area contributed by atoms with Crippen molar-refractivity contribution in [3.05, 3.63) is 11.6 Å². The third-order valence-corrected chi connectivity index (χ3v) is 2.84. The number of halogens is 3. The number of amides is 2. The largest absolute Gasteiger partial charge is 0.481 e. The Kier molecular flexibility index (Phi) is 5.17. The van der Waals surface area contributed by atoms with Crippen molar-refractivity contribution >= 4 is 18.0 Å². The fourth-order valence-corrected chi connectivity index (χ4v) is 1.73. The lowest BCUT2D eigenvalue weighted by atomic mass is 10.1. The van der Waals surface area contributed by atoms with E-state index in [1.165, 1.54) is 0 Å². The summed E-state index contributed by atoms with van der Waals surface area (Å²) in [5, 5.41) is 19.2. The van der Waals surface area contributed by atoms with E-state index in [2.05, 4.69) is 0 Å². The van der Waals surface area contributed by atoms with Crippen LogP contribution in [0.1, 0.15) is 12.8 Å². The van der Waals surface area contributed by atoms with Gasteiger partial charge in [0.2, 0.25) is 0 Å². The zero-order chi connectivity index (χ0) is 16.2. The molecule has 0 aliphatic carbocycles. The Morgan fingerprint density at radius 2 is 1.95 bits per heavy atom. The highest BCUT2D eigenvalue weighted by atomic mass is 19.4. The fourth-order valence-electron chi connectivity index (χ4n) is 1.73. The van der Waals surface area contributed by atoms with E-state index in [0.717, 1.165) is 11.0 Å². The quantitative estimate of drug-likeness (QED) is 0.666. The molecule has 2 amide bonds. The SMILES string of the molecule is O=C(O)C[C@H](NC(=O)N1CC=C(C(F)(F)F)CC1)C(=O)O. The molecule has 0 aromatic heterocycles. The molecule has 7 nitrogen and oxygen atoms in total. The zero-order valence-corrected chi connectivity index (χ0v) is 10.7. The van der Waals surface area contributed by atoms with Gasteiger partial charge in [-0.05, 0) is 6.42 Å². The van der Waals surface area contributed by atoms with E-state index in [-0.39, 0.29) is 13.1 Å².